The van der Waals surface area contributed by atoms with Crippen LogP contribution < -0.4 is 0 Å². The lowest BCUT2D eigenvalue weighted by Gasteiger charge is -1.93. The van der Waals surface area contributed by atoms with Gasteiger partial charge in [0.25, 0.3) is 0 Å². The van der Waals surface area contributed by atoms with Crippen molar-refractivity contribution in [3.63, 3.8) is 0 Å². The summed E-state index contributed by atoms with van der Waals surface area (Å²) in [6.45, 7) is 2.11. The number of ketones is 1. The second-order valence-corrected chi connectivity index (χ2v) is 5.33. The van der Waals surface area contributed by atoms with Crippen LogP contribution in [-0.2, 0) is 16.0 Å². The van der Waals surface area contributed by atoms with E-state index in [2.05, 4.69) is 6.92 Å². The topological polar surface area (TPSA) is 54.4 Å². The fourth-order valence-corrected chi connectivity index (χ4v) is 2.44. The summed E-state index contributed by atoms with van der Waals surface area (Å²) in [5.74, 6) is -0.695. The number of allylic oxidation sites excluding steroid dienone is 1. The molecule has 0 aliphatic rings. The van der Waals surface area contributed by atoms with Gasteiger partial charge >= 0.3 is 5.97 Å². The van der Waals surface area contributed by atoms with E-state index >= 15 is 0 Å². The number of carboxylic acid groups (broad SMARTS) is 1. The van der Waals surface area contributed by atoms with E-state index in [0.29, 0.717) is 6.42 Å². The zero-order chi connectivity index (χ0) is 13.4. The zero-order valence-corrected chi connectivity index (χ0v) is 11.3. The molecule has 18 heavy (non-hydrogen) atoms. The summed E-state index contributed by atoms with van der Waals surface area (Å²) in [7, 11) is 0. The van der Waals surface area contributed by atoms with E-state index < -0.39 is 5.97 Å². The molecule has 1 heterocycles. The Morgan fingerprint density at radius 2 is 2.11 bits per heavy atom. The maximum absolute atomic E-state index is 11.5. The fraction of sp³-hybridized carbons (Fsp3) is 0.429. The van der Waals surface area contributed by atoms with E-state index in [9.17, 15) is 9.59 Å². The van der Waals surface area contributed by atoms with E-state index in [1.165, 1.54) is 11.3 Å². The number of thiophene rings is 1. The van der Waals surface area contributed by atoms with Crippen LogP contribution in [0.15, 0.2) is 18.2 Å². The van der Waals surface area contributed by atoms with Crippen molar-refractivity contribution < 1.29 is 14.7 Å². The van der Waals surface area contributed by atoms with Crippen molar-refractivity contribution in [2.75, 3.05) is 0 Å². The predicted molar refractivity (Wildman–Crippen MR) is 73.8 cm³/mol. The van der Waals surface area contributed by atoms with E-state index in [1.807, 2.05) is 6.07 Å². The highest BCUT2D eigenvalue weighted by atomic mass is 32.1. The molecule has 0 bridgehead atoms. The third-order valence-corrected chi connectivity index (χ3v) is 3.52. The van der Waals surface area contributed by atoms with Crippen molar-refractivity contribution in [3.8, 4) is 0 Å². The number of unbranched alkanes of at least 4 members (excludes halogenated alkanes) is 2. The zero-order valence-electron chi connectivity index (χ0n) is 10.5. The van der Waals surface area contributed by atoms with Crippen LogP contribution in [0.25, 0.3) is 6.08 Å². The summed E-state index contributed by atoms with van der Waals surface area (Å²) in [4.78, 5) is 23.8. The van der Waals surface area contributed by atoms with Gasteiger partial charge in [-0.2, -0.15) is 0 Å². The molecular formula is C14H18O3S. The average Bonchev–Trinajstić information content (AvgIpc) is 2.73. The van der Waals surface area contributed by atoms with Gasteiger partial charge in [0, 0.05) is 16.2 Å². The van der Waals surface area contributed by atoms with Crippen molar-refractivity contribution in [1.82, 2.24) is 0 Å². The van der Waals surface area contributed by atoms with Gasteiger partial charge in [0.05, 0.1) is 6.42 Å². The molecule has 1 aromatic heterocycles. The minimum absolute atomic E-state index is 0.0446. The van der Waals surface area contributed by atoms with Crippen LogP contribution in [0, 0.1) is 0 Å². The largest absolute Gasteiger partial charge is 0.481 e. The molecule has 1 aromatic rings. The number of carbonyl (C=O) groups is 2. The molecule has 0 atom stereocenters. The number of hydrogen-bond acceptors (Lipinski definition) is 3. The maximum atomic E-state index is 11.5. The second kappa shape index (κ2) is 7.82. The van der Waals surface area contributed by atoms with Crippen molar-refractivity contribution in [3.05, 3.63) is 28.0 Å². The first-order valence-electron chi connectivity index (χ1n) is 6.13. The van der Waals surface area contributed by atoms with Crippen LogP contribution >= 0.6 is 11.3 Å². The molecule has 4 heteroatoms. The number of aliphatic carboxylic acids is 1. The first-order chi connectivity index (χ1) is 8.61. The predicted octanol–water partition coefficient (Wildman–Crippen LogP) is 3.54. The molecule has 1 rings (SSSR count). The minimum atomic E-state index is -0.831. The molecule has 0 aromatic carbocycles. The molecule has 0 saturated carbocycles. The summed E-state index contributed by atoms with van der Waals surface area (Å²) in [6, 6.07) is 3.64. The van der Waals surface area contributed by atoms with Crippen molar-refractivity contribution in [2.45, 2.75) is 39.0 Å². The summed E-state index contributed by atoms with van der Waals surface area (Å²) < 4.78 is 0. The van der Waals surface area contributed by atoms with Gasteiger partial charge in [-0.3, -0.25) is 9.59 Å². The first-order valence-corrected chi connectivity index (χ1v) is 6.95. The summed E-state index contributed by atoms with van der Waals surface area (Å²) >= 11 is 1.41. The molecule has 3 nitrogen and oxygen atoms in total. The first kappa shape index (κ1) is 14.6. The van der Waals surface area contributed by atoms with Gasteiger partial charge in [0.1, 0.15) is 0 Å². The van der Waals surface area contributed by atoms with Crippen molar-refractivity contribution in [2.24, 2.45) is 0 Å². The molecule has 0 fully saturated rings. The quantitative estimate of drug-likeness (QED) is 0.578. The third kappa shape index (κ3) is 5.77. The Kier molecular flexibility index (Phi) is 6.36. The molecule has 0 amide bonds. The Morgan fingerprint density at radius 3 is 2.78 bits per heavy atom. The Bertz CT molecular complexity index is 432. The van der Waals surface area contributed by atoms with E-state index in [4.69, 9.17) is 5.11 Å². The van der Waals surface area contributed by atoms with E-state index in [1.54, 1.807) is 18.2 Å². The lowest BCUT2D eigenvalue weighted by molar-refractivity contribution is -0.136. The SMILES string of the molecule is CCCCCC(=O)/C=C/c1ccc(CC(=O)O)s1. The van der Waals surface area contributed by atoms with E-state index in [-0.39, 0.29) is 12.2 Å². The number of carboxylic acids is 1. The second-order valence-electron chi connectivity index (χ2n) is 4.13. The lowest BCUT2D eigenvalue weighted by atomic mass is 10.1. The Morgan fingerprint density at radius 1 is 1.33 bits per heavy atom. The Hall–Kier alpha value is -1.42. The van der Waals surface area contributed by atoms with Gasteiger partial charge in [-0.1, -0.05) is 19.8 Å². The number of hydrogen-bond donors (Lipinski definition) is 1. The minimum Gasteiger partial charge on any atom is -0.481 e. The van der Waals surface area contributed by atoms with Gasteiger partial charge < -0.3 is 5.11 Å². The molecule has 0 saturated heterocycles. The van der Waals surface area contributed by atoms with Crippen molar-refractivity contribution >= 4 is 29.2 Å². The molecule has 0 unspecified atom stereocenters. The number of rotatable bonds is 8. The standard InChI is InChI=1S/C14H18O3S/c1-2-3-4-5-11(15)6-7-12-8-9-13(18-12)10-14(16)17/h6-9H,2-5,10H2,1H3,(H,16,17)/b7-6+. The molecular weight excluding hydrogens is 248 g/mol. The highest BCUT2D eigenvalue weighted by Crippen LogP contribution is 2.18. The molecule has 0 aliphatic carbocycles. The normalized spacial score (nSPS) is 10.9. The lowest BCUT2D eigenvalue weighted by Crippen LogP contribution is -1.96. The van der Waals surface area contributed by atoms with Gasteiger partial charge in [-0.05, 0) is 30.7 Å². The van der Waals surface area contributed by atoms with E-state index in [0.717, 1.165) is 29.0 Å². The molecule has 0 radical (unpaired) electrons. The Balaban J connectivity index is 2.43. The molecule has 98 valence electrons. The highest BCUT2D eigenvalue weighted by Gasteiger charge is 2.03. The summed E-state index contributed by atoms with van der Waals surface area (Å²) in [5, 5.41) is 8.65. The molecule has 0 spiro atoms. The van der Waals surface area contributed by atoms with Crippen LogP contribution in [0.3, 0.4) is 0 Å². The summed E-state index contributed by atoms with van der Waals surface area (Å²) in [5.41, 5.74) is 0. The monoisotopic (exact) mass is 266 g/mol. The van der Waals surface area contributed by atoms with Gasteiger partial charge in [-0.15, -0.1) is 11.3 Å². The third-order valence-electron chi connectivity index (χ3n) is 2.47. The number of carbonyl (C=O) groups excluding carboxylic acids is 1. The van der Waals surface area contributed by atoms with Crippen LogP contribution in [0.4, 0.5) is 0 Å². The van der Waals surface area contributed by atoms with Crippen LogP contribution in [-0.4, -0.2) is 16.9 Å². The van der Waals surface area contributed by atoms with Gasteiger partial charge in [0.15, 0.2) is 5.78 Å². The Labute approximate surface area is 111 Å². The van der Waals surface area contributed by atoms with Crippen LogP contribution in [0.5, 0.6) is 0 Å². The van der Waals surface area contributed by atoms with Gasteiger partial charge in [-0.25, -0.2) is 0 Å². The molecule has 1 N–H and O–H groups in total. The fourth-order valence-electron chi connectivity index (χ4n) is 1.54. The average molecular weight is 266 g/mol. The highest BCUT2D eigenvalue weighted by molar-refractivity contribution is 7.13. The summed E-state index contributed by atoms with van der Waals surface area (Å²) in [6.07, 6.45) is 7.13. The smallest absolute Gasteiger partial charge is 0.308 e. The van der Waals surface area contributed by atoms with Crippen LogP contribution in [0.2, 0.25) is 0 Å². The molecule has 0 aliphatic heterocycles. The maximum Gasteiger partial charge on any atom is 0.308 e. The van der Waals surface area contributed by atoms with Crippen LogP contribution in [0.1, 0.15) is 42.4 Å². The van der Waals surface area contributed by atoms with Gasteiger partial charge in [0.2, 0.25) is 0 Å². The van der Waals surface area contributed by atoms with Crippen molar-refractivity contribution in [1.29, 1.82) is 0 Å².